The van der Waals surface area contributed by atoms with Crippen molar-refractivity contribution in [1.29, 1.82) is 0 Å². The Hall–Kier alpha value is -3.61. The molecule has 47 heavy (non-hydrogen) atoms. The molecule has 11 nitrogen and oxygen atoms in total. The van der Waals surface area contributed by atoms with E-state index in [9.17, 15) is 19.2 Å². The number of rotatable bonds is 19. The molecule has 0 saturated heterocycles. The number of carbonyl (C=O) groups excluding carboxylic acids is 3. The molecule has 3 amide bonds. The highest BCUT2D eigenvalue weighted by molar-refractivity contribution is 7.09. The number of carboxylic acids is 1. The number of hydrogen-bond donors (Lipinski definition) is 4. The number of amides is 3. The molecule has 0 aliphatic rings. The first-order valence-electron chi connectivity index (χ1n) is 16.2. The number of likely N-dealkylation sites (N-methyl/N-ethyl adjacent to an activating group) is 2. The molecular formula is C35H53N5O6S. The number of thiazole rings is 1. The summed E-state index contributed by atoms with van der Waals surface area (Å²) in [5.74, 6) is -1.88. The number of carbonyl (C=O) groups is 4. The summed E-state index contributed by atoms with van der Waals surface area (Å²) in [6.45, 7) is 11.9. The van der Waals surface area contributed by atoms with Gasteiger partial charge in [0.05, 0.1) is 12.1 Å². The summed E-state index contributed by atoms with van der Waals surface area (Å²) in [6.07, 6.45) is 3.53. The molecule has 0 radical (unpaired) electrons. The predicted octanol–water partition coefficient (Wildman–Crippen LogP) is 4.46. The Bertz CT molecular complexity index is 1330. The molecule has 2 unspecified atom stereocenters. The van der Waals surface area contributed by atoms with E-state index in [2.05, 4.69) is 20.9 Å². The van der Waals surface area contributed by atoms with Crippen LogP contribution in [0.15, 0.2) is 47.9 Å². The van der Waals surface area contributed by atoms with Gasteiger partial charge < -0.3 is 30.7 Å². The Labute approximate surface area is 283 Å². The summed E-state index contributed by atoms with van der Waals surface area (Å²) in [5, 5.41) is 20.3. The number of nitrogens with zero attached hydrogens (tertiary/aromatic N) is 2. The number of aliphatic carboxylic acids is 1. The largest absolute Gasteiger partial charge is 0.478 e. The van der Waals surface area contributed by atoms with E-state index in [0.717, 1.165) is 11.6 Å². The first-order valence-corrected chi connectivity index (χ1v) is 17.1. The fraction of sp³-hybridized carbons (Fsp3) is 0.571. The van der Waals surface area contributed by atoms with E-state index >= 15 is 0 Å². The Balaban J connectivity index is 2.24. The van der Waals surface area contributed by atoms with Gasteiger partial charge in [-0.25, -0.2) is 9.78 Å². The summed E-state index contributed by atoms with van der Waals surface area (Å²) in [7, 11) is 5.07. The second-order valence-electron chi connectivity index (χ2n) is 12.6. The van der Waals surface area contributed by atoms with Gasteiger partial charge in [-0.2, -0.15) is 0 Å². The van der Waals surface area contributed by atoms with Crippen LogP contribution in [-0.4, -0.2) is 84.1 Å². The molecule has 0 aliphatic heterocycles. The lowest BCUT2D eigenvalue weighted by atomic mass is 9.92. The van der Waals surface area contributed by atoms with Crippen LogP contribution in [0.3, 0.4) is 0 Å². The fourth-order valence-corrected chi connectivity index (χ4v) is 6.37. The van der Waals surface area contributed by atoms with Gasteiger partial charge in [-0.05, 0) is 36.8 Å². The van der Waals surface area contributed by atoms with Gasteiger partial charge in [0, 0.05) is 38.1 Å². The van der Waals surface area contributed by atoms with Crippen LogP contribution in [0, 0.1) is 17.8 Å². The molecule has 1 heterocycles. The van der Waals surface area contributed by atoms with Crippen molar-refractivity contribution < 1.29 is 29.0 Å². The number of methoxy groups -OCH3 is 1. The minimum atomic E-state index is -1.10. The third-order valence-electron chi connectivity index (χ3n) is 8.51. The van der Waals surface area contributed by atoms with E-state index in [-0.39, 0.29) is 41.3 Å². The Morgan fingerprint density at radius 1 is 1.02 bits per heavy atom. The van der Waals surface area contributed by atoms with Crippen LogP contribution in [0.25, 0.3) is 0 Å². The molecule has 0 spiro atoms. The first-order chi connectivity index (χ1) is 22.2. The second kappa shape index (κ2) is 19.3. The number of carboxylic acid groups (broad SMARTS) is 1. The quantitative estimate of drug-likeness (QED) is 0.160. The Morgan fingerprint density at radius 2 is 1.68 bits per heavy atom. The molecule has 0 aliphatic carbocycles. The number of hydrogen-bond acceptors (Lipinski definition) is 8. The smallest absolute Gasteiger partial charge is 0.328 e. The van der Waals surface area contributed by atoms with E-state index < -0.39 is 36.1 Å². The summed E-state index contributed by atoms with van der Waals surface area (Å²) < 4.78 is 5.85. The van der Waals surface area contributed by atoms with Crippen molar-refractivity contribution >= 4 is 35.0 Å². The van der Waals surface area contributed by atoms with Gasteiger partial charge >= 0.3 is 5.97 Å². The molecule has 260 valence electrons. The summed E-state index contributed by atoms with van der Waals surface area (Å²) in [4.78, 5) is 57.8. The van der Waals surface area contributed by atoms with Crippen LogP contribution >= 0.6 is 11.3 Å². The van der Waals surface area contributed by atoms with E-state index in [1.165, 1.54) is 17.4 Å². The third-order valence-corrected chi connectivity index (χ3v) is 9.44. The molecule has 6 atom stereocenters. The van der Waals surface area contributed by atoms with Gasteiger partial charge in [-0.1, -0.05) is 84.4 Å². The highest BCUT2D eigenvalue weighted by Crippen LogP contribution is 2.30. The zero-order chi connectivity index (χ0) is 35.3. The number of aromatic nitrogens is 1. The highest BCUT2D eigenvalue weighted by atomic mass is 32.1. The maximum atomic E-state index is 14.0. The van der Waals surface area contributed by atoms with Crippen molar-refractivity contribution in [2.24, 2.45) is 17.8 Å². The Morgan fingerprint density at radius 3 is 2.21 bits per heavy atom. The molecule has 0 bridgehead atoms. The number of benzene rings is 1. The zero-order valence-electron chi connectivity index (χ0n) is 29.2. The summed E-state index contributed by atoms with van der Waals surface area (Å²) in [6, 6.07) is 7.56. The van der Waals surface area contributed by atoms with Gasteiger partial charge in [0.25, 0.3) is 5.91 Å². The van der Waals surface area contributed by atoms with Crippen molar-refractivity contribution in [2.45, 2.75) is 91.1 Å². The molecule has 0 fully saturated rings. The van der Waals surface area contributed by atoms with E-state index in [0.29, 0.717) is 24.3 Å². The van der Waals surface area contributed by atoms with Crippen LogP contribution in [-0.2, 0) is 25.5 Å². The van der Waals surface area contributed by atoms with Crippen molar-refractivity contribution in [2.75, 3.05) is 21.2 Å². The van der Waals surface area contributed by atoms with Crippen molar-refractivity contribution in [1.82, 2.24) is 25.8 Å². The average molecular weight is 672 g/mol. The minimum absolute atomic E-state index is 0.0533. The lowest BCUT2D eigenvalue weighted by molar-refractivity contribution is -0.140. The van der Waals surface area contributed by atoms with Gasteiger partial charge in [-0.3, -0.25) is 14.4 Å². The first kappa shape index (κ1) is 39.6. The van der Waals surface area contributed by atoms with Crippen LogP contribution in [0.1, 0.15) is 81.5 Å². The minimum Gasteiger partial charge on any atom is -0.478 e. The van der Waals surface area contributed by atoms with E-state index in [1.807, 2.05) is 71.9 Å². The highest BCUT2D eigenvalue weighted by Gasteiger charge is 2.36. The average Bonchev–Trinajstić information content (AvgIpc) is 3.53. The standard InChI is InChI=1S/C35H53N5O6S/c1-10-23(6)31(39-33(44)30(36-7)22(4)5)35(45)40(8)27(21(2)3)19-28(46-9)34-38-26(20-47-34)32(43)37-25(16-17-29(41)42)18-24-14-12-11-13-15-24/h11-17,20-23,25,27-28,30-31,36H,10,18-19H2,1-9H3,(H,37,43)(H,39,44)(H,41,42)/b17-16+/t23?,25-,27-,28?,30+,31+/m1/s1. The van der Waals surface area contributed by atoms with E-state index in [1.54, 1.807) is 31.5 Å². The normalized spacial score (nSPS) is 15.6. The van der Waals surface area contributed by atoms with Crippen LogP contribution in [0.4, 0.5) is 0 Å². The van der Waals surface area contributed by atoms with Gasteiger partial charge in [0.2, 0.25) is 11.8 Å². The van der Waals surface area contributed by atoms with Crippen molar-refractivity contribution in [3.63, 3.8) is 0 Å². The molecule has 0 saturated carbocycles. The third kappa shape index (κ3) is 11.9. The van der Waals surface area contributed by atoms with Crippen molar-refractivity contribution in [3.05, 3.63) is 64.1 Å². The fourth-order valence-electron chi connectivity index (χ4n) is 5.49. The van der Waals surface area contributed by atoms with Crippen LogP contribution < -0.4 is 16.0 Å². The van der Waals surface area contributed by atoms with E-state index in [4.69, 9.17) is 9.84 Å². The monoisotopic (exact) mass is 671 g/mol. The maximum absolute atomic E-state index is 14.0. The molecular weight excluding hydrogens is 618 g/mol. The zero-order valence-corrected chi connectivity index (χ0v) is 30.0. The SMILES string of the molecule is CCC(C)[C@H](NC(=O)[C@@H](NC)C(C)C)C(=O)N(C)[C@H](CC(OC)c1nc(C(=O)N[C@H](/C=C/C(=O)O)Cc2ccccc2)cs1)C(C)C. The maximum Gasteiger partial charge on any atom is 0.328 e. The Kier molecular flexibility index (Phi) is 16.2. The van der Waals surface area contributed by atoms with Gasteiger partial charge in [-0.15, -0.1) is 11.3 Å². The topological polar surface area (TPSA) is 150 Å². The molecule has 12 heteroatoms. The molecule has 1 aromatic carbocycles. The van der Waals surface area contributed by atoms with Crippen LogP contribution in [0.5, 0.6) is 0 Å². The molecule has 2 rings (SSSR count). The molecule has 1 aromatic heterocycles. The lowest BCUT2D eigenvalue weighted by Gasteiger charge is -2.37. The summed E-state index contributed by atoms with van der Waals surface area (Å²) >= 11 is 1.29. The molecule has 2 aromatic rings. The summed E-state index contributed by atoms with van der Waals surface area (Å²) in [5.41, 5.74) is 1.14. The predicted molar refractivity (Wildman–Crippen MR) is 185 cm³/mol. The molecule has 4 N–H and O–H groups in total. The lowest BCUT2D eigenvalue weighted by Crippen LogP contribution is -2.57. The number of ether oxygens (including phenoxy) is 1. The van der Waals surface area contributed by atoms with Gasteiger partial charge in [0.1, 0.15) is 22.8 Å². The second-order valence-corrected chi connectivity index (χ2v) is 13.5. The number of nitrogens with one attached hydrogen (secondary N) is 3. The van der Waals surface area contributed by atoms with Crippen molar-refractivity contribution in [3.8, 4) is 0 Å². The van der Waals surface area contributed by atoms with Gasteiger partial charge in [0.15, 0.2) is 0 Å². The van der Waals surface area contributed by atoms with Crippen LogP contribution in [0.2, 0.25) is 0 Å².